The lowest BCUT2D eigenvalue weighted by Gasteiger charge is -2.14. The van der Waals surface area contributed by atoms with Gasteiger partial charge >= 0.3 is 0 Å². The molecule has 0 amide bonds. The SMILES string of the molecule is C=CC(C)CNCC(C)c1ccc(C#N)cc1. The Kier molecular flexibility index (Phi) is 5.45. The Hall–Kier alpha value is -1.59. The summed E-state index contributed by atoms with van der Waals surface area (Å²) in [6.07, 6.45) is 1.96. The van der Waals surface area contributed by atoms with Gasteiger partial charge in [0, 0.05) is 13.1 Å². The summed E-state index contributed by atoms with van der Waals surface area (Å²) >= 11 is 0. The van der Waals surface area contributed by atoms with E-state index in [9.17, 15) is 0 Å². The molecule has 1 aromatic carbocycles. The van der Waals surface area contributed by atoms with E-state index in [1.165, 1.54) is 5.56 Å². The number of hydrogen-bond acceptors (Lipinski definition) is 2. The Morgan fingerprint density at radius 1 is 1.29 bits per heavy atom. The zero-order valence-electron chi connectivity index (χ0n) is 10.6. The van der Waals surface area contributed by atoms with E-state index < -0.39 is 0 Å². The maximum atomic E-state index is 8.72. The fourth-order valence-corrected chi connectivity index (χ4v) is 1.61. The van der Waals surface area contributed by atoms with Crippen molar-refractivity contribution >= 4 is 0 Å². The minimum atomic E-state index is 0.458. The third kappa shape index (κ3) is 4.42. The highest BCUT2D eigenvalue weighted by Crippen LogP contribution is 2.14. The minimum Gasteiger partial charge on any atom is -0.316 e. The standard InChI is InChI=1S/C15H20N2/c1-4-12(2)10-17-11-13(3)15-7-5-14(9-16)6-8-15/h4-8,12-13,17H,1,10-11H2,2-3H3. The third-order valence-corrected chi connectivity index (χ3v) is 2.93. The normalized spacial score (nSPS) is 13.7. The van der Waals surface area contributed by atoms with Crippen molar-refractivity contribution in [3.8, 4) is 6.07 Å². The summed E-state index contributed by atoms with van der Waals surface area (Å²) in [5.41, 5.74) is 1.98. The second-order valence-corrected chi connectivity index (χ2v) is 4.51. The van der Waals surface area contributed by atoms with E-state index in [1.54, 1.807) is 0 Å². The van der Waals surface area contributed by atoms with Gasteiger partial charge in [0.2, 0.25) is 0 Å². The number of nitrogens with zero attached hydrogens (tertiary/aromatic N) is 1. The average molecular weight is 228 g/mol. The van der Waals surface area contributed by atoms with Crippen LogP contribution in [-0.4, -0.2) is 13.1 Å². The number of benzene rings is 1. The van der Waals surface area contributed by atoms with E-state index in [4.69, 9.17) is 5.26 Å². The maximum absolute atomic E-state index is 8.72. The van der Waals surface area contributed by atoms with Crippen molar-refractivity contribution in [3.05, 3.63) is 48.0 Å². The summed E-state index contributed by atoms with van der Waals surface area (Å²) in [6.45, 7) is 10.0. The smallest absolute Gasteiger partial charge is 0.0991 e. The minimum absolute atomic E-state index is 0.458. The van der Waals surface area contributed by atoms with Crippen molar-refractivity contribution in [1.82, 2.24) is 5.32 Å². The lowest BCUT2D eigenvalue weighted by Crippen LogP contribution is -2.24. The second-order valence-electron chi connectivity index (χ2n) is 4.51. The fraction of sp³-hybridized carbons (Fsp3) is 0.400. The van der Waals surface area contributed by atoms with Crippen LogP contribution in [0.3, 0.4) is 0 Å². The Bertz CT molecular complexity index is 386. The molecule has 0 aliphatic rings. The second kappa shape index (κ2) is 6.88. The monoisotopic (exact) mass is 228 g/mol. The summed E-state index contributed by atoms with van der Waals surface area (Å²) in [6, 6.07) is 9.94. The van der Waals surface area contributed by atoms with Crippen LogP contribution >= 0.6 is 0 Å². The summed E-state index contributed by atoms with van der Waals surface area (Å²) in [4.78, 5) is 0. The van der Waals surface area contributed by atoms with E-state index in [2.05, 4.69) is 31.8 Å². The first kappa shape index (κ1) is 13.5. The molecule has 2 atom stereocenters. The molecule has 2 unspecified atom stereocenters. The van der Waals surface area contributed by atoms with Gasteiger partial charge < -0.3 is 5.32 Å². The molecule has 0 saturated carbocycles. The molecule has 2 heteroatoms. The lowest BCUT2D eigenvalue weighted by atomic mass is 10.00. The van der Waals surface area contributed by atoms with E-state index in [-0.39, 0.29) is 0 Å². The van der Waals surface area contributed by atoms with Crippen LogP contribution in [0.2, 0.25) is 0 Å². The first-order valence-electron chi connectivity index (χ1n) is 6.00. The molecule has 1 N–H and O–H groups in total. The van der Waals surface area contributed by atoms with Crippen molar-refractivity contribution in [3.63, 3.8) is 0 Å². The predicted molar refractivity (Wildman–Crippen MR) is 71.8 cm³/mol. The van der Waals surface area contributed by atoms with Gasteiger partial charge in [0.25, 0.3) is 0 Å². The van der Waals surface area contributed by atoms with Gasteiger partial charge in [-0.05, 0) is 29.5 Å². The van der Waals surface area contributed by atoms with Crippen molar-refractivity contribution in [2.24, 2.45) is 5.92 Å². The van der Waals surface area contributed by atoms with E-state index in [0.29, 0.717) is 17.4 Å². The van der Waals surface area contributed by atoms with Crippen LogP contribution in [0.4, 0.5) is 0 Å². The van der Waals surface area contributed by atoms with Gasteiger partial charge in [-0.25, -0.2) is 0 Å². The molecule has 17 heavy (non-hydrogen) atoms. The molecule has 0 saturated heterocycles. The molecule has 0 aliphatic carbocycles. The first-order chi connectivity index (χ1) is 8.17. The highest BCUT2D eigenvalue weighted by Gasteiger charge is 2.05. The molecule has 0 aromatic heterocycles. The topological polar surface area (TPSA) is 35.8 Å². The molecule has 0 heterocycles. The average Bonchev–Trinajstić information content (AvgIpc) is 2.38. The number of hydrogen-bond donors (Lipinski definition) is 1. The molecule has 0 radical (unpaired) electrons. The highest BCUT2D eigenvalue weighted by molar-refractivity contribution is 5.32. The molecule has 1 aromatic rings. The lowest BCUT2D eigenvalue weighted by molar-refractivity contribution is 0.559. The van der Waals surface area contributed by atoms with Crippen LogP contribution in [0, 0.1) is 17.2 Å². The number of nitriles is 1. The van der Waals surface area contributed by atoms with Gasteiger partial charge in [-0.1, -0.05) is 32.1 Å². The zero-order chi connectivity index (χ0) is 12.7. The summed E-state index contributed by atoms with van der Waals surface area (Å²) in [7, 11) is 0. The van der Waals surface area contributed by atoms with Crippen LogP contribution in [0.5, 0.6) is 0 Å². The summed E-state index contributed by atoms with van der Waals surface area (Å²) < 4.78 is 0. The largest absolute Gasteiger partial charge is 0.316 e. The van der Waals surface area contributed by atoms with Crippen LogP contribution < -0.4 is 5.32 Å². The Balaban J connectivity index is 2.44. The van der Waals surface area contributed by atoms with Crippen molar-refractivity contribution in [2.45, 2.75) is 19.8 Å². The maximum Gasteiger partial charge on any atom is 0.0991 e. The first-order valence-corrected chi connectivity index (χ1v) is 6.00. The third-order valence-electron chi connectivity index (χ3n) is 2.93. The van der Waals surface area contributed by atoms with Gasteiger partial charge in [-0.2, -0.15) is 5.26 Å². The molecule has 0 spiro atoms. The highest BCUT2D eigenvalue weighted by atomic mass is 14.9. The van der Waals surface area contributed by atoms with E-state index >= 15 is 0 Å². The van der Waals surface area contributed by atoms with Crippen LogP contribution in [-0.2, 0) is 0 Å². The fourth-order valence-electron chi connectivity index (χ4n) is 1.61. The van der Waals surface area contributed by atoms with Gasteiger partial charge in [-0.3, -0.25) is 0 Å². The van der Waals surface area contributed by atoms with Gasteiger partial charge in [0.1, 0.15) is 0 Å². The van der Waals surface area contributed by atoms with Crippen LogP contribution in [0.15, 0.2) is 36.9 Å². The molecule has 0 bridgehead atoms. The summed E-state index contributed by atoms with van der Waals surface area (Å²) in [5.74, 6) is 0.961. The van der Waals surface area contributed by atoms with E-state index in [0.717, 1.165) is 13.1 Å². The van der Waals surface area contributed by atoms with Crippen LogP contribution in [0.1, 0.15) is 30.9 Å². The molecule has 2 nitrogen and oxygen atoms in total. The van der Waals surface area contributed by atoms with Gasteiger partial charge in [-0.15, -0.1) is 6.58 Å². The molecular formula is C15H20N2. The van der Waals surface area contributed by atoms with Gasteiger partial charge in [0.15, 0.2) is 0 Å². The molecule has 0 aliphatic heterocycles. The van der Waals surface area contributed by atoms with Gasteiger partial charge in [0.05, 0.1) is 11.6 Å². The number of nitrogens with one attached hydrogen (secondary N) is 1. The molecular weight excluding hydrogens is 208 g/mol. The molecule has 1 rings (SSSR count). The Morgan fingerprint density at radius 3 is 2.47 bits per heavy atom. The van der Waals surface area contributed by atoms with Crippen molar-refractivity contribution < 1.29 is 0 Å². The summed E-state index contributed by atoms with van der Waals surface area (Å²) in [5, 5.41) is 12.2. The van der Waals surface area contributed by atoms with Crippen molar-refractivity contribution in [1.29, 1.82) is 5.26 Å². The quantitative estimate of drug-likeness (QED) is 0.759. The Morgan fingerprint density at radius 2 is 1.94 bits per heavy atom. The van der Waals surface area contributed by atoms with Crippen molar-refractivity contribution in [2.75, 3.05) is 13.1 Å². The molecule has 0 fully saturated rings. The van der Waals surface area contributed by atoms with E-state index in [1.807, 2.05) is 30.3 Å². The number of rotatable bonds is 6. The zero-order valence-corrected chi connectivity index (χ0v) is 10.6. The van der Waals surface area contributed by atoms with Crippen LogP contribution in [0.25, 0.3) is 0 Å². The predicted octanol–water partition coefficient (Wildman–Crippen LogP) is 3.07. The Labute approximate surface area is 104 Å². The molecule has 90 valence electrons.